The van der Waals surface area contributed by atoms with Crippen molar-refractivity contribution in [3.05, 3.63) is 33.8 Å². The zero-order chi connectivity index (χ0) is 15.1. The maximum absolute atomic E-state index is 8.66. The zero-order valence-electron chi connectivity index (χ0n) is 12.2. The van der Waals surface area contributed by atoms with Crippen molar-refractivity contribution in [2.75, 3.05) is 52.5 Å². The number of halogens is 2. The molecule has 1 saturated heterocycles. The van der Waals surface area contributed by atoms with Crippen LogP contribution >= 0.6 is 23.2 Å². The molecule has 0 atom stereocenters. The monoisotopic (exact) mass is 334 g/mol. The fourth-order valence-corrected chi connectivity index (χ4v) is 3.18. The van der Waals surface area contributed by atoms with Gasteiger partial charge < -0.3 is 19.6 Å². The normalized spacial score (nSPS) is 22.4. The van der Waals surface area contributed by atoms with E-state index in [0.717, 1.165) is 50.9 Å². The highest BCUT2D eigenvalue weighted by Gasteiger charge is 2.23. The van der Waals surface area contributed by atoms with Crippen LogP contribution in [0.3, 0.4) is 0 Å². The van der Waals surface area contributed by atoms with Crippen molar-refractivity contribution in [1.29, 1.82) is 0 Å². The molecule has 0 aromatic heterocycles. The lowest BCUT2D eigenvalue weighted by Crippen LogP contribution is -3.27. The van der Waals surface area contributed by atoms with E-state index in [2.05, 4.69) is 0 Å². The minimum atomic E-state index is 0.106. The molecule has 0 spiro atoms. The Bertz CT molecular complexity index is 438. The van der Waals surface area contributed by atoms with E-state index < -0.39 is 0 Å². The van der Waals surface area contributed by atoms with Crippen LogP contribution in [0, 0.1) is 0 Å². The standard InChI is InChI=1S/C15H22Cl2N2O2/c16-14-2-1-13(15(17)11-14)12-19-5-3-18(4-6-19)7-9-21-10-8-20/h1-2,11,20H,3-10,12H2/p+2. The molecule has 0 aliphatic carbocycles. The average Bonchev–Trinajstić information content (AvgIpc) is 2.48. The van der Waals surface area contributed by atoms with E-state index >= 15 is 0 Å². The first kappa shape index (κ1) is 17.0. The molecular formula is C15H24Cl2N2O2+2. The fraction of sp³-hybridized carbons (Fsp3) is 0.600. The molecule has 0 saturated carbocycles. The molecule has 2 rings (SSSR count). The number of rotatable bonds is 7. The van der Waals surface area contributed by atoms with E-state index in [1.54, 1.807) is 9.80 Å². The molecule has 21 heavy (non-hydrogen) atoms. The second kappa shape index (κ2) is 8.93. The molecule has 0 unspecified atom stereocenters. The quantitative estimate of drug-likeness (QED) is 0.576. The van der Waals surface area contributed by atoms with Crippen molar-refractivity contribution in [2.45, 2.75) is 6.54 Å². The van der Waals surface area contributed by atoms with Gasteiger partial charge in [0.2, 0.25) is 0 Å². The Kier molecular flexibility index (Phi) is 7.23. The Labute approximate surface area is 136 Å². The number of ether oxygens (including phenoxy) is 1. The van der Waals surface area contributed by atoms with Crippen molar-refractivity contribution >= 4 is 23.2 Å². The Hall–Kier alpha value is -0.360. The summed E-state index contributed by atoms with van der Waals surface area (Å²) in [5.41, 5.74) is 1.17. The number of benzene rings is 1. The van der Waals surface area contributed by atoms with Gasteiger partial charge in [0.15, 0.2) is 0 Å². The van der Waals surface area contributed by atoms with Gasteiger partial charge in [0.25, 0.3) is 0 Å². The van der Waals surface area contributed by atoms with Gasteiger partial charge in [-0.3, -0.25) is 0 Å². The molecule has 1 fully saturated rings. The van der Waals surface area contributed by atoms with Crippen LogP contribution in [0.15, 0.2) is 18.2 Å². The van der Waals surface area contributed by atoms with Crippen LogP contribution in [-0.2, 0) is 11.3 Å². The molecule has 1 aromatic rings. The zero-order valence-corrected chi connectivity index (χ0v) is 13.7. The summed E-state index contributed by atoms with van der Waals surface area (Å²) in [5, 5.41) is 10.1. The van der Waals surface area contributed by atoms with Crippen LogP contribution in [-0.4, -0.2) is 57.7 Å². The molecule has 0 radical (unpaired) electrons. The van der Waals surface area contributed by atoms with E-state index in [4.69, 9.17) is 33.0 Å². The van der Waals surface area contributed by atoms with Gasteiger partial charge in [-0.15, -0.1) is 0 Å². The largest absolute Gasteiger partial charge is 0.394 e. The van der Waals surface area contributed by atoms with Crippen LogP contribution in [0.5, 0.6) is 0 Å². The van der Waals surface area contributed by atoms with Gasteiger partial charge in [-0.25, -0.2) is 0 Å². The third kappa shape index (κ3) is 5.74. The maximum atomic E-state index is 8.66. The van der Waals surface area contributed by atoms with E-state index in [1.165, 1.54) is 5.56 Å². The van der Waals surface area contributed by atoms with E-state index in [0.29, 0.717) is 11.6 Å². The van der Waals surface area contributed by atoms with Crippen LogP contribution in [0.4, 0.5) is 0 Å². The number of hydrogen-bond acceptors (Lipinski definition) is 2. The number of hydrogen-bond donors (Lipinski definition) is 3. The first-order chi connectivity index (χ1) is 10.2. The summed E-state index contributed by atoms with van der Waals surface area (Å²) in [4.78, 5) is 3.15. The molecule has 3 N–H and O–H groups in total. The third-order valence-electron chi connectivity index (χ3n) is 3.96. The highest BCUT2D eigenvalue weighted by molar-refractivity contribution is 6.35. The molecule has 0 amide bonds. The minimum absolute atomic E-state index is 0.106. The lowest BCUT2D eigenvalue weighted by atomic mass is 10.2. The number of nitrogens with one attached hydrogen (secondary N) is 2. The second-order valence-electron chi connectivity index (χ2n) is 5.50. The molecule has 6 heteroatoms. The van der Waals surface area contributed by atoms with Gasteiger partial charge in [-0.1, -0.05) is 29.3 Å². The van der Waals surface area contributed by atoms with Crippen molar-refractivity contribution in [3.63, 3.8) is 0 Å². The number of quaternary nitrogens is 2. The Morgan fingerprint density at radius 2 is 1.76 bits per heavy atom. The molecule has 4 nitrogen and oxygen atoms in total. The number of aliphatic hydroxyl groups excluding tert-OH is 1. The first-order valence-electron chi connectivity index (χ1n) is 7.48. The SMILES string of the molecule is OCCOCC[NH+]1CC[NH+](Cc2ccc(Cl)cc2Cl)CC1. The molecule has 1 aliphatic rings. The fourth-order valence-electron chi connectivity index (χ4n) is 2.70. The first-order valence-corrected chi connectivity index (χ1v) is 8.24. The molecule has 0 bridgehead atoms. The van der Waals surface area contributed by atoms with E-state index in [-0.39, 0.29) is 6.61 Å². The Morgan fingerprint density at radius 1 is 1.05 bits per heavy atom. The van der Waals surface area contributed by atoms with Crippen molar-refractivity contribution < 1.29 is 19.6 Å². The van der Waals surface area contributed by atoms with Crippen molar-refractivity contribution in [2.24, 2.45) is 0 Å². The summed E-state index contributed by atoms with van der Waals surface area (Å²) < 4.78 is 5.33. The summed E-state index contributed by atoms with van der Waals surface area (Å²) in [6.45, 7) is 7.87. The van der Waals surface area contributed by atoms with Gasteiger partial charge in [0, 0.05) is 10.6 Å². The summed E-state index contributed by atoms with van der Waals surface area (Å²) in [5.74, 6) is 0. The predicted molar refractivity (Wildman–Crippen MR) is 84.3 cm³/mol. The average molecular weight is 335 g/mol. The van der Waals surface area contributed by atoms with Crippen LogP contribution < -0.4 is 9.80 Å². The number of aliphatic hydroxyl groups is 1. The third-order valence-corrected chi connectivity index (χ3v) is 4.54. The van der Waals surface area contributed by atoms with E-state index in [1.807, 2.05) is 18.2 Å². The highest BCUT2D eigenvalue weighted by Crippen LogP contribution is 2.20. The Morgan fingerprint density at radius 3 is 2.43 bits per heavy atom. The summed E-state index contributed by atoms with van der Waals surface area (Å²) >= 11 is 12.2. The Balaban J connectivity index is 1.71. The minimum Gasteiger partial charge on any atom is -0.394 e. The van der Waals surface area contributed by atoms with Crippen LogP contribution in [0.25, 0.3) is 0 Å². The molecule has 1 aromatic carbocycles. The van der Waals surface area contributed by atoms with Gasteiger partial charge in [0.1, 0.15) is 39.3 Å². The highest BCUT2D eigenvalue weighted by atomic mass is 35.5. The molecule has 118 valence electrons. The predicted octanol–water partition coefficient (Wildman–Crippen LogP) is -0.714. The van der Waals surface area contributed by atoms with Crippen LogP contribution in [0.2, 0.25) is 10.0 Å². The second-order valence-corrected chi connectivity index (χ2v) is 6.34. The summed E-state index contributed by atoms with van der Waals surface area (Å²) in [6, 6.07) is 5.75. The van der Waals surface area contributed by atoms with Crippen molar-refractivity contribution in [3.8, 4) is 0 Å². The smallest absolute Gasteiger partial charge is 0.127 e. The van der Waals surface area contributed by atoms with Gasteiger partial charge in [-0.05, 0) is 12.1 Å². The van der Waals surface area contributed by atoms with E-state index in [9.17, 15) is 0 Å². The summed E-state index contributed by atoms with van der Waals surface area (Å²) in [7, 11) is 0. The maximum Gasteiger partial charge on any atom is 0.127 e. The molecule has 1 heterocycles. The van der Waals surface area contributed by atoms with Crippen LogP contribution in [0.1, 0.15) is 5.56 Å². The van der Waals surface area contributed by atoms with Crippen molar-refractivity contribution in [1.82, 2.24) is 0 Å². The van der Waals surface area contributed by atoms with Gasteiger partial charge >= 0.3 is 0 Å². The topological polar surface area (TPSA) is 38.3 Å². The lowest BCUT2D eigenvalue weighted by molar-refractivity contribution is -1.02. The van der Waals surface area contributed by atoms with Gasteiger partial charge in [0.05, 0.1) is 24.8 Å². The molecule has 1 aliphatic heterocycles. The van der Waals surface area contributed by atoms with Gasteiger partial charge in [-0.2, -0.15) is 0 Å². The molecular weight excluding hydrogens is 311 g/mol. The number of piperazine rings is 1. The summed E-state index contributed by atoms with van der Waals surface area (Å²) in [6.07, 6.45) is 0. The lowest BCUT2D eigenvalue weighted by Gasteiger charge is -2.29.